The third kappa shape index (κ3) is 2.66. The molecule has 17 heavy (non-hydrogen) atoms. The van der Waals surface area contributed by atoms with Crippen molar-refractivity contribution < 1.29 is 8.42 Å². The lowest BCUT2D eigenvalue weighted by molar-refractivity contribution is 0.568. The first kappa shape index (κ1) is 12.5. The summed E-state index contributed by atoms with van der Waals surface area (Å²) in [6.45, 7) is 2.35. The molecule has 6 heteroatoms. The van der Waals surface area contributed by atoms with Crippen molar-refractivity contribution in [2.24, 2.45) is 0 Å². The Balaban J connectivity index is 2.32. The number of hydrogen-bond acceptors (Lipinski definition) is 4. The zero-order valence-electron chi connectivity index (χ0n) is 9.56. The maximum atomic E-state index is 11.5. The van der Waals surface area contributed by atoms with Gasteiger partial charge in [0.2, 0.25) is 0 Å². The second-order valence-electron chi connectivity index (χ2n) is 4.36. The van der Waals surface area contributed by atoms with Crippen LogP contribution in [0.1, 0.15) is 6.92 Å². The topological polar surface area (TPSA) is 63.4 Å². The van der Waals surface area contributed by atoms with Crippen LogP contribution in [0.3, 0.4) is 0 Å². The molecule has 0 aromatic heterocycles. The van der Waals surface area contributed by atoms with Crippen LogP contribution in [0.2, 0.25) is 5.02 Å². The van der Waals surface area contributed by atoms with Crippen molar-refractivity contribution in [2.45, 2.75) is 13.0 Å². The zero-order valence-corrected chi connectivity index (χ0v) is 11.1. The molecular formula is C11H15ClN2O2S. The third-order valence-corrected chi connectivity index (χ3v) is 5.00. The van der Waals surface area contributed by atoms with Crippen molar-refractivity contribution in [3.63, 3.8) is 0 Å². The molecule has 4 nitrogen and oxygen atoms in total. The van der Waals surface area contributed by atoms with Crippen LogP contribution in [0.15, 0.2) is 18.2 Å². The highest BCUT2D eigenvalue weighted by atomic mass is 35.5. The summed E-state index contributed by atoms with van der Waals surface area (Å²) in [7, 11) is -2.91. The molecule has 0 spiro atoms. The number of benzene rings is 1. The molecule has 1 atom stereocenters. The highest BCUT2D eigenvalue weighted by Gasteiger charge is 2.29. The molecule has 0 radical (unpaired) electrons. The van der Waals surface area contributed by atoms with Gasteiger partial charge in [0, 0.05) is 17.6 Å². The van der Waals surface area contributed by atoms with Crippen LogP contribution in [0.25, 0.3) is 0 Å². The second-order valence-corrected chi connectivity index (χ2v) is 7.03. The summed E-state index contributed by atoms with van der Waals surface area (Å²) < 4.78 is 23.0. The Labute approximate surface area is 106 Å². The van der Waals surface area contributed by atoms with Crippen LogP contribution in [0.4, 0.5) is 11.4 Å². The van der Waals surface area contributed by atoms with Gasteiger partial charge in [-0.25, -0.2) is 8.42 Å². The Kier molecular flexibility index (Phi) is 3.23. The number of rotatable bonds is 1. The minimum atomic E-state index is -2.91. The highest BCUT2D eigenvalue weighted by molar-refractivity contribution is 7.91. The second kappa shape index (κ2) is 4.38. The van der Waals surface area contributed by atoms with Crippen molar-refractivity contribution >= 4 is 32.8 Å². The summed E-state index contributed by atoms with van der Waals surface area (Å²) >= 11 is 5.94. The van der Waals surface area contributed by atoms with E-state index in [0.29, 0.717) is 17.3 Å². The molecule has 1 heterocycles. The number of nitrogens with two attached hydrogens (primary N) is 1. The average molecular weight is 275 g/mol. The average Bonchev–Trinajstić information content (AvgIpc) is 2.21. The maximum absolute atomic E-state index is 11.5. The maximum Gasteiger partial charge on any atom is 0.154 e. The van der Waals surface area contributed by atoms with Crippen LogP contribution in [0, 0.1) is 0 Å². The van der Waals surface area contributed by atoms with Gasteiger partial charge in [-0.2, -0.15) is 0 Å². The number of sulfone groups is 1. The van der Waals surface area contributed by atoms with Gasteiger partial charge in [0.15, 0.2) is 9.84 Å². The van der Waals surface area contributed by atoms with Crippen molar-refractivity contribution in [3.8, 4) is 0 Å². The fourth-order valence-corrected chi connectivity index (χ4v) is 3.84. The monoisotopic (exact) mass is 274 g/mol. The Morgan fingerprint density at radius 1 is 1.47 bits per heavy atom. The van der Waals surface area contributed by atoms with E-state index in [1.165, 1.54) is 0 Å². The van der Waals surface area contributed by atoms with Crippen LogP contribution < -0.4 is 10.6 Å². The van der Waals surface area contributed by atoms with Gasteiger partial charge in [0.1, 0.15) is 0 Å². The SMILES string of the molecule is CC1CS(=O)(=O)CCN1c1cc(Cl)ccc1N. The molecule has 1 unspecified atom stereocenters. The Hall–Kier alpha value is -0.940. The standard InChI is InChI=1S/C11H15ClN2O2S/c1-8-7-17(15,16)5-4-14(8)11-6-9(12)2-3-10(11)13/h2-3,6,8H,4-5,7,13H2,1H3. The third-order valence-electron chi connectivity index (χ3n) is 2.97. The molecule has 0 saturated carbocycles. The van der Waals surface area contributed by atoms with Crippen molar-refractivity contribution in [2.75, 3.05) is 28.7 Å². The summed E-state index contributed by atoms with van der Waals surface area (Å²) in [5.74, 6) is 0.336. The molecule has 1 fully saturated rings. The first-order chi connectivity index (χ1) is 7.89. The van der Waals surface area contributed by atoms with Gasteiger partial charge >= 0.3 is 0 Å². The Bertz CT molecular complexity index is 530. The van der Waals surface area contributed by atoms with Gasteiger partial charge in [-0.3, -0.25) is 0 Å². The predicted octanol–water partition coefficient (Wildman–Crippen LogP) is 1.55. The van der Waals surface area contributed by atoms with E-state index in [0.717, 1.165) is 5.69 Å². The number of halogens is 1. The largest absolute Gasteiger partial charge is 0.397 e. The molecule has 2 rings (SSSR count). The van der Waals surface area contributed by atoms with E-state index in [1.807, 2.05) is 11.8 Å². The van der Waals surface area contributed by atoms with Gasteiger partial charge in [-0.1, -0.05) is 11.6 Å². The van der Waals surface area contributed by atoms with Crippen molar-refractivity contribution in [1.29, 1.82) is 0 Å². The van der Waals surface area contributed by atoms with E-state index in [-0.39, 0.29) is 17.5 Å². The van der Waals surface area contributed by atoms with Gasteiger partial charge in [0.05, 0.1) is 22.9 Å². The molecular weight excluding hydrogens is 260 g/mol. The van der Waals surface area contributed by atoms with Crippen LogP contribution in [-0.2, 0) is 9.84 Å². The van der Waals surface area contributed by atoms with E-state index in [4.69, 9.17) is 17.3 Å². The van der Waals surface area contributed by atoms with Gasteiger partial charge in [-0.15, -0.1) is 0 Å². The molecule has 1 saturated heterocycles. The van der Waals surface area contributed by atoms with Crippen LogP contribution in [0.5, 0.6) is 0 Å². The number of nitrogen functional groups attached to an aromatic ring is 1. The summed E-state index contributed by atoms with van der Waals surface area (Å²) in [6.07, 6.45) is 0. The fraction of sp³-hybridized carbons (Fsp3) is 0.455. The molecule has 0 aliphatic carbocycles. The van der Waals surface area contributed by atoms with E-state index >= 15 is 0 Å². The molecule has 1 aliphatic heterocycles. The van der Waals surface area contributed by atoms with E-state index in [9.17, 15) is 8.42 Å². The lowest BCUT2D eigenvalue weighted by atomic mass is 10.2. The van der Waals surface area contributed by atoms with Gasteiger partial charge in [0.25, 0.3) is 0 Å². The Morgan fingerprint density at radius 2 is 2.18 bits per heavy atom. The quantitative estimate of drug-likeness (QED) is 0.789. The normalized spacial score (nSPS) is 23.6. The molecule has 1 aromatic rings. The van der Waals surface area contributed by atoms with Crippen LogP contribution in [-0.4, -0.2) is 32.5 Å². The number of anilines is 2. The predicted molar refractivity (Wildman–Crippen MR) is 71.3 cm³/mol. The molecule has 1 aliphatic rings. The van der Waals surface area contributed by atoms with E-state index < -0.39 is 9.84 Å². The molecule has 1 aromatic carbocycles. The van der Waals surface area contributed by atoms with Crippen molar-refractivity contribution in [3.05, 3.63) is 23.2 Å². The van der Waals surface area contributed by atoms with E-state index in [1.54, 1.807) is 18.2 Å². The first-order valence-corrected chi connectivity index (χ1v) is 7.61. The number of hydrogen-bond donors (Lipinski definition) is 1. The molecule has 2 N–H and O–H groups in total. The van der Waals surface area contributed by atoms with Gasteiger partial charge in [-0.05, 0) is 25.1 Å². The number of nitrogens with zero attached hydrogens (tertiary/aromatic N) is 1. The lowest BCUT2D eigenvalue weighted by Gasteiger charge is -2.35. The summed E-state index contributed by atoms with van der Waals surface area (Å²) in [5.41, 5.74) is 7.35. The zero-order chi connectivity index (χ0) is 12.6. The molecule has 94 valence electrons. The van der Waals surface area contributed by atoms with E-state index in [2.05, 4.69) is 0 Å². The minimum Gasteiger partial charge on any atom is -0.397 e. The summed E-state index contributed by atoms with van der Waals surface area (Å²) in [5, 5.41) is 0.606. The van der Waals surface area contributed by atoms with Crippen LogP contribution >= 0.6 is 11.6 Å². The fourth-order valence-electron chi connectivity index (χ4n) is 2.12. The Morgan fingerprint density at radius 3 is 2.82 bits per heavy atom. The molecule has 0 amide bonds. The molecule has 0 bridgehead atoms. The minimum absolute atomic E-state index is 0.0745. The lowest BCUT2D eigenvalue weighted by Crippen LogP contribution is -2.47. The van der Waals surface area contributed by atoms with Gasteiger partial charge < -0.3 is 10.6 Å². The summed E-state index contributed by atoms with van der Waals surface area (Å²) in [4.78, 5) is 2.00. The smallest absolute Gasteiger partial charge is 0.154 e. The summed E-state index contributed by atoms with van der Waals surface area (Å²) in [6, 6.07) is 5.18. The first-order valence-electron chi connectivity index (χ1n) is 5.41. The van der Waals surface area contributed by atoms with Crippen molar-refractivity contribution in [1.82, 2.24) is 0 Å². The highest BCUT2D eigenvalue weighted by Crippen LogP contribution is 2.30.